The van der Waals surface area contributed by atoms with Crippen molar-refractivity contribution in [2.24, 2.45) is 7.05 Å². The molecule has 0 aliphatic heterocycles. The third-order valence-electron chi connectivity index (χ3n) is 4.28. The summed E-state index contributed by atoms with van der Waals surface area (Å²) in [5.41, 5.74) is 1.28. The Morgan fingerprint density at radius 2 is 1.97 bits per heavy atom. The van der Waals surface area contributed by atoms with Gasteiger partial charge in [-0.15, -0.1) is 15.3 Å². The molecule has 1 amide bonds. The molecule has 0 unspecified atom stereocenters. The largest absolute Gasteiger partial charge is 0.497 e. The number of ether oxygens (including phenoxy) is 3. The Bertz CT molecular complexity index is 1030. The first-order valence-corrected chi connectivity index (χ1v) is 10.1. The second kappa shape index (κ2) is 9.53. The molecule has 0 atom stereocenters. The Morgan fingerprint density at radius 1 is 1.17 bits per heavy atom. The average Bonchev–Trinajstić information content (AvgIpc) is 3.34. The number of hydrogen-bond acceptors (Lipinski definition) is 8. The zero-order valence-corrected chi connectivity index (χ0v) is 18.3. The fourth-order valence-corrected chi connectivity index (χ4v) is 3.68. The van der Waals surface area contributed by atoms with Crippen molar-refractivity contribution in [2.45, 2.75) is 18.6 Å². The van der Waals surface area contributed by atoms with Gasteiger partial charge in [-0.25, -0.2) is 0 Å². The molecule has 0 bridgehead atoms. The van der Waals surface area contributed by atoms with Gasteiger partial charge in [-0.1, -0.05) is 11.8 Å². The first-order chi connectivity index (χ1) is 14.5. The molecule has 0 fully saturated rings. The van der Waals surface area contributed by atoms with Crippen LogP contribution in [0.5, 0.6) is 17.4 Å². The van der Waals surface area contributed by atoms with Crippen molar-refractivity contribution >= 4 is 23.4 Å². The Morgan fingerprint density at radius 3 is 2.63 bits per heavy atom. The molecule has 10 nitrogen and oxygen atoms in total. The third kappa shape index (κ3) is 4.51. The highest BCUT2D eigenvalue weighted by molar-refractivity contribution is 7.99. The first-order valence-electron chi connectivity index (χ1n) is 9.16. The zero-order valence-electron chi connectivity index (χ0n) is 17.5. The molecule has 0 spiro atoms. The molecule has 3 aromatic rings. The highest BCUT2D eigenvalue weighted by atomic mass is 32.2. The lowest BCUT2D eigenvalue weighted by atomic mass is 10.2. The molecule has 160 valence electrons. The summed E-state index contributed by atoms with van der Waals surface area (Å²) in [6.45, 7) is 2.62. The molecule has 1 N–H and O–H groups in total. The van der Waals surface area contributed by atoms with Gasteiger partial charge in [-0.05, 0) is 19.1 Å². The van der Waals surface area contributed by atoms with Gasteiger partial charge in [0.25, 0.3) is 0 Å². The predicted molar refractivity (Wildman–Crippen MR) is 113 cm³/mol. The lowest BCUT2D eigenvalue weighted by molar-refractivity contribution is -0.113. The Kier molecular flexibility index (Phi) is 6.83. The van der Waals surface area contributed by atoms with E-state index in [1.807, 2.05) is 24.7 Å². The topological polar surface area (TPSA) is 105 Å². The number of hydrogen-bond donors (Lipinski definition) is 1. The van der Waals surface area contributed by atoms with Crippen LogP contribution in [-0.4, -0.2) is 57.5 Å². The van der Waals surface area contributed by atoms with E-state index in [4.69, 9.17) is 14.2 Å². The van der Waals surface area contributed by atoms with Gasteiger partial charge in [0.05, 0.1) is 32.8 Å². The number of nitrogens with one attached hydrogen (secondary N) is 1. The Hall–Kier alpha value is -3.21. The summed E-state index contributed by atoms with van der Waals surface area (Å²) in [4.78, 5) is 12.5. The maximum Gasteiger partial charge on any atom is 0.243 e. The molecule has 1 aromatic carbocycles. The number of carbonyl (C=O) groups is 1. The average molecular weight is 433 g/mol. The van der Waals surface area contributed by atoms with Crippen LogP contribution in [0.1, 0.15) is 6.92 Å². The van der Waals surface area contributed by atoms with E-state index >= 15 is 0 Å². The summed E-state index contributed by atoms with van der Waals surface area (Å²) in [6, 6.07) is 5.22. The second-order valence-electron chi connectivity index (χ2n) is 6.18. The van der Waals surface area contributed by atoms with Gasteiger partial charge in [-0.2, -0.15) is 0 Å². The fourth-order valence-electron chi connectivity index (χ4n) is 2.88. The van der Waals surface area contributed by atoms with E-state index in [0.29, 0.717) is 40.6 Å². The monoisotopic (exact) mass is 432 g/mol. The summed E-state index contributed by atoms with van der Waals surface area (Å²) in [5, 5.41) is 16.3. The lowest BCUT2D eigenvalue weighted by Gasteiger charge is -2.12. The van der Waals surface area contributed by atoms with Gasteiger partial charge < -0.3 is 24.1 Å². The number of benzene rings is 1. The number of carbonyl (C=O) groups excluding carboxylic acids is 1. The number of rotatable bonds is 9. The van der Waals surface area contributed by atoms with Gasteiger partial charge in [0.1, 0.15) is 17.1 Å². The van der Waals surface area contributed by atoms with Crippen LogP contribution < -0.4 is 19.5 Å². The minimum atomic E-state index is -0.197. The summed E-state index contributed by atoms with van der Waals surface area (Å²) < 4.78 is 19.4. The predicted octanol–water partition coefficient (Wildman–Crippen LogP) is 2.46. The first kappa shape index (κ1) is 21.5. The van der Waals surface area contributed by atoms with Crippen molar-refractivity contribution in [3.8, 4) is 28.8 Å². The van der Waals surface area contributed by atoms with Crippen molar-refractivity contribution in [3.63, 3.8) is 0 Å². The van der Waals surface area contributed by atoms with Crippen LogP contribution in [-0.2, 0) is 18.4 Å². The van der Waals surface area contributed by atoms with Crippen LogP contribution in [0.4, 0.5) is 5.69 Å². The van der Waals surface area contributed by atoms with E-state index in [1.54, 1.807) is 44.2 Å². The SMILES string of the molecule is CCn1c(SCC(=O)Nc2cc(OC)ccc2OC)nnc1-c1cn(C)nc1OC. The minimum Gasteiger partial charge on any atom is -0.497 e. The minimum absolute atomic E-state index is 0.155. The van der Waals surface area contributed by atoms with Crippen LogP contribution >= 0.6 is 11.8 Å². The summed E-state index contributed by atoms with van der Waals surface area (Å²) in [6.07, 6.45) is 1.82. The Balaban J connectivity index is 1.73. The van der Waals surface area contributed by atoms with Crippen molar-refractivity contribution in [2.75, 3.05) is 32.4 Å². The summed E-state index contributed by atoms with van der Waals surface area (Å²) in [7, 11) is 6.48. The molecule has 0 aliphatic carbocycles. The van der Waals surface area contributed by atoms with E-state index in [0.717, 1.165) is 5.56 Å². The van der Waals surface area contributed by atoms with E-state index in [1.165, 1.54) is 11.8 Å². The van der Waals surface area contributed by atoms with Gasteiger partial charge in [0, 0.05) is 25.9 Å². The number of aromatic nitrogens is 5. The van der Waals surface area contributed by atoms with Crippen molar-refractivity contribution in [3.05, 3.63) is 24.4 Å². The summed E-state index contributed by atoms with van der Waals surface area (Å²) >= 11 is 1.30. The maximum atomic E-state index is 12.5. The number of methoxy groups -OCH3 is 3. The van der Waals surface area contributed by atoms with Crippen LogP contribution in [0.3, 0.4) is 0 Å². The molecule has 2 aromatic heterocycles. The molecule has 0 saturated carbocycles. The van der Waals surface area contributed by atoms with E-state index in [9.17, 15) is 4.79 Å². The van der Waals surface area contributed by atoms with Gasteiger partial charge in [0.2, 0.25) is 11.8 Å². The van der Waals surface area contributed by atoms with Crippen molar-refractivity contribution < 1.29 is 19.0 Å². The fraction of sp³-hybridized carbons (Fsp3) is 0.368. The van der Waals surface area contributed by atoms with E-state index in [-0.39, 0.29) is 11.7 Å². The summed E-state index contributed by atoms with van der Waals surface area (Å²) in [5.74, 6) is 2.25. The van der Waals surface area contributed by atoms with E-state index in [2.05, 4.69) is 20.6 Å². The highest BCUT2D eigenvalue weighted by Crippen LogP contribution is 2.31. The van der Waals surface area contributed by atoms with Gasteiger partial charge >= 0.3 is 0 Å². The quantitative estimate of drug-likeness (QED) is 0.514. The van der Waals surface area contributed by atoms with Crippen LogP contribution in [0.2, 0.25) is 0 Å². The molecule has 0 saturated heterocycles. The van der Waals surface area contributed by atoms with Crippen LogP contribution in [0, 0.1) is 0 Å². The molecule has 3 rings (SSSR count). The number of aryl methyl sites for hydroxylation is 1. The molecule has 0 radical (unpaired) electrons. The smallest absolute Gasteiger partial charge is 0.243 e. The third-order valence-corrected chi connectivity index (χ3v) is 5.24. The van der Waals surface area contributed by atoms with Gasteiger partial charge in [-0.3, -0.25) is 9.48 Å². The molecule has 11 heteroatoms. The Labute approximate surface area is 178 Å². The van der Waals surface area contributed by atoms with Crippen LogP contribution in [0.15, 0.2) is 29.6 Å². The number of amides is 1. The normalized spacial score (nSPS) is 10.7. The molecule has 30 heavy (non-hydrogen) atoms. The zero-order chi connectivity index (χ0) is 21.7. The molecular weight excluding hydrogens is 408 g/mol. The lowest BCUT2D eigenvalue weighted by Crippen LogP contribution is -2.15. The molecule has 0 aliphatic rings. The van der Waals surface area contributed by atoms with Crippen molar-refractivity contribution in [1.82, 2.24) is 24.5 Å². The van der Waals surface area contributed by atoms with Crippen molar-refractivity contribution in [1.29, 1.82) is 0 Å². The van der Waals surface area contributed by atoms with E-state index < -0.39 is 0 Å². The van der Waals surface area contributed by atoms with Crippen LogP contribution in [0.25, 0.3) is 11.4 Å². The number of nitrogens with zero attached hydrogens (tertiary/aromatic N) is 5. The molecule has 2 heterocycles. The number of anilines is 1. The second-order valence-corrected chi connectivity index (χ2v) is 7.12. The van der Waals surface area contributed by atoms with Gasteiger partial charge in [0.15, 0.2) is 11.0 Å². The maximum absolute atomic E-state index is 12.5. The number of thioether (sulfide) groups is 1. The standard InChI is InChI=1S/C19H24N6O4S/c1-6-25-17(13-10-24(2)23-18(13)29-5)21-22-19(25)30-11-16(26)20-14-9-12(27-3)7-8-15(14)28-4/h7-10H,6,11H2,1-5H3,(H,20,26). The highest BCUT2D eigenvalue weighted by Gasteiger charge is 2.20. The molecular formula is C19H24N6O4S.